The van der Waals surface area contributed by atoms with E-state index in [4.69, 9.17) is 4.42 Å². The van der Waals surface area contributed by atoms with Gasteiger partial charge in [0.2, 0.25) is 5.89 Å². The summed E-state index contributed by atoms with van der Waals surface area (Å²) in [5.41, 5.74) is 2.88. The first-order valence-corrected chi connectivity index (χ1v) is 7.98. The van der Waals surface area contributed by atoms with Gasteiger partial charge in [-0.15, -0.1) is 5.10 Å². The summed E-state index contributed by atoms with van der Waals surface area (Å²) in [4.78, 5) is 3.96. The highest BCUT2D eigenvalue weighted by molar-refractivity contribution is 5.51. The summed E-state index contributed by atoms with van der Waals surface area (Å²) in [5, 5.41) is 15.4. The number of hydrogen-bond donors (Lipinski definition) is 1. The van der Waals surface area contributed by atoms with Gasteiger partial charge >= 0.3 is 6.01 Å². The predicted octanol–water partition coefficient (Wildman–Crippen LogP) is 3.38. The molecule has 1 aromatic carbocycles. The molecule has 0 aliphatic rings. The number of hydrogen-bond acceptors (Lipinski definition) is 6. The number of para-hydroxylation sites is 1. The molecule has 130 valence electrons. The zero-order chi connectivity index (χ0) is 17.9. The van der Waals surface area contributed by atoms with Crippen LogP contribution >= 0.6 is 0 Å². The quantitative estimate of drug-likeness (QED) is 0.594. The van der Waals surface area contributed by atoms with E-state index in [1.807, 2.05) is 6.92 Å². The molecule has 26 heavy (non-hydrogen) atoms. The molecule has 0 saturated heterocycles. The maximum Gasteiger partial charge on any atom is 0.316 e. The Bertz CT molecular complexity index is 1030. The molecule has 3 aromatic heterocycles. The number of anilines is 1. The summed E-state index contributed by atoms with van der Waals surface area (Å²) in [6.07, 6.45) is 5.10. The highest BCUT2D eigenvalue weighted by Crippen LogP contribution is 2.20. The smallest absolute Gasteiger partial charge is 0.316 e. The number of benzene rings is 1. The van der Waals surface area contributed by atoms with Crippen LogP contribution < -0.4 is 5.32 Å². The van der Waals surface area contributed by atoms with E-state index >= 15 is 0 Å². The van der Waals surface area contributed by atoms with E-state index in [0.717, 1.165) is 16.8 Å². The molecule has 3 heterocycles. The summed E-state index contributed by atoms with van der Waals surface area (Å²) in [5.74, 6) is 0.0853. The first-order valence-electron chi connectivity index (χ1n) is 7.98. The SMILES string of the molecule is Cc1nn(-c2ccccc2F)cc1CNc1nnc(-c2ccncc2)o1. The van der Waals surface area contributed by atoms with Crippen molar-refractivity contribution in [1.82, 2.24) is 25.0 Å². The van der Waals surface area contributed by atoms with Crippen LogP contribution in [0.4, 0.5) is 10.4 Å². The van der Waals surface area contributed by atoms with Gasteiger partial charge in [0.1, 0.15) is 11.5 Å². The molecule has 8 heteroatoms. The molecule has 4 aromatic rings. The first-order chi connectivity index (χ1) is 12.7. The fourth-order valence-electron chi connectivity index (χ4n) is 2.51. The molecule has 0 atom stereocenters. The van der Waals surface area contributed by atoms with Crippen LogP contribution in [0.2, 0.25) is 0 Å². The van der Waals surface area contributed by atoms with Crippen LogP contribution in [0, 0.1) is 12.7 Å². The standard InChI is InChI=1S/C18H15FN6O/c1-12-14(11-25(24-12)16-5-3-2-4-15(16)19)10-21-18-23-22-17(26-18)13-6-8-20-9-7-13/h2-9,11H,10H2,1H3,(H,21,23). The summed E-state index contributed by atoms with van der Waals surface area (Å²) in [7, 11) is 0. The molecule has 0 bridgehead atoms. The minimum absolute atomic E-state index is 0.301. The monoisotopic (exact) mass is 350 g/mol. The predicted molar refractivity (Wildman–Crippen MR) is 93.1 cm³/mol. The lowest BCUT2D eigenvalue weighted by Gasteiger charge is -2.01. The summed E-state index contributed by atoms with van der Waals surface area (Å²) < 4.78 is 21.0. The Morgan fingerprint density at radius 3 is 2.73 bits per heavy atom. The molecule has 4 rings (SSSR count). The van der Waals surface area contributed by atoms with E-state index in [2.05, 4.69) is 25.6 Å². The van der Waals surface area contributed by atoms with Crippen LogP contribution in [0.5, 0.6) is 0 Å². The van der Waals surface area contributed by atoms with Crippen LogP contribution in [0.15, 0.2) is 59.4 Å². The normalized spacial score (nSPS) is 10.8. The van der Waals surface area contributed by atoms with Crippen LogP contribution in [-0.4, -0.2) is 25.0 Å². The largest absolute Gasteiger partial charge is 0.403 e. The summed E-state index contributed by atoms with van der Waals surface area (Å²) >= 11 is 0. The van der Waals surface area contributed by atoms with Gasteiger partial charge in [0, 0.05) is 36.3 Å². The van der Waals surface area contributed by atoms with Crippen LogP contribution in [0.25, 0.3) is 17.1 Å². The second-order valence-electron chi connectivity index (χ2n) is 5.64. The van der Waals surface area contributed by atoms with E-state index < -0.39 is 0 Å². The van der Waals surface area contributed by atoms with E-state index in [1.54, 1.807) is 48.9 Å². The lowest BCUT2D eigenvalue weighted by Crippen LogP contribution is -2.00. The van der Waals surface area contributed by atoms with E-state index in [0.29, 0.717) is 24.1 Å². The van der Waals surface area contributed by atoms with E-state index in [1.165, 1.54) is 10.7 Å². The Kier molecular flexibility index (Phi) is 4.14. The first kappa shape index (κ1) is 15.9. The van der Waals surface area contributed by atoms with Crippen molar-refractivity contribution in [1.29, 1.82) is 0 Å². The van der Waals surface area contributed by atoms with Crippen LogP contribution in [0.3, 0.4) is 0 Å². The number of aromatic nitrogens is 5. The highest BCUT2D eigenvalue weighted by atomic mass is 19.1. The van der Waals surface area contributed by atoms with Crippen LogP contribution in [0.1, 0.15) is 11.3 Å². The number of halogens is 1. The third kappa shape index (κ3) is 3.16. The number of pyridine rings is 1. The van der Waals surface area contributed by atoms with Crippen molar-refractivity contribution in [3.63, 3.8) is 0 Å². The maximum atomic E-state index is 13.9. The second-order valence-corrected chi connectivity index (χ2v) is 5.64. The van der Waals surface area contributed by atoms with Crippen molar-refractivity contribution in [3.8, 4) is 17.1 Å². The fourth-order valence-corrected chi connectivity index (χ4v) is 2.51. The van der Waals surface area contributed by atoms with Crippen molar-refractivity contribution in [2.75, 3.05) is 5.32 Å². The van der Waals surface area contributed by atoms with Crippen molar-refractivity contribution in [2.45, 2.75) is 13.5 Å². The molecule has 0 unspecified atom stereocenters. The molecule has 0 fully saturated rings. The molecule has 0 aliphatic heterocycles. The lowest BCUT2D eigenvalue weighted by atomic mass is 10.2. The average Bonchev–Trinajstić information content (AvgIpc) is 3.28. The zero-order valence-electron chi connectivity index (χ0n) is 13.9. The Hall–Kier alpha value is -3.55. The zero-order valence-corrected chi connectivity index (χ0v) is 13.9. The molecule has 0 radical (unpaired) electrons. The number of nitrogens with zero attached hydrogens (tertiary/aromatic N) is 5. The van der Waals surface area contributed by atoms with Gasteiger partial charge in [-0.05, 0) is 31.2 Å². The molecule has 1 N–H and O–H groups in total. The fraction of sp³-hybridized carbons (Fsp3) is 0.111. The van der Waals surface area contributed by atoms with E-state index in [9.17, 15) is 4.39 Å². The summed E-state index contributed by atoms with van der Waals surface area (Å²) in [6, 6.07) is 10.4. The van der Waals surface area contributed by atoms with Gasteiger partial charge in [-0.25, -0.2) is 9.07 Å². The molecular formula is C18H15FN6O. The minimum atomic E-state index is -0.326. The highest BCUT2D eigenvalue weighted by Gasteiger charge is 2.12. The third-order valence-electron chi connectivity index (χ3n) is 3.88. The number of nitrogens with one attached hydrogen (secondary N) is 1. The molecule has 0 saturated carbocycles. The van der Waals surface area contributed by atoms with Crippen molar-refractivity contribution in [2.24, 2.45) is 0 Å². The minimum Gasteiger partial charge on any atom is -0.403 e. The van der Waals surface area contributed by atoms with Gasteiger partial charge in [-0.3, -0.25) is 4.98 Å². The Balaban J connectivity index is 1.49. The molecular weight excluding hydrogens is 335 g/mol. The second kappa shape index (κ2) is 6.75. The third-order valence-corrected chi connectivity index (χ3v) is 3.88. The Labute approximate surface area is 148 Å². The number of rotatable bonds is 5. The van der Waals surface area contributed by atoms with Crippen molar-refractivity contribution >= 4 is 6.01 Å². The average molecular weight is 350 g/mol. The Morgan fingerprint density at radius 2 is 1.92 bits per heavy atom. The molecule has 0 spiro atoms. The molecule has 0 aliphatic carbocycles. The van der Waals surface area contributed by atoms with Gasteiger partial charge in [0.25, 0.3) is 0 Å². The number of aryl methyl sites for hydroxylation is 1. The van der Waals surface area contributed by atoms with E-state index in [-0.39, 0.29) is 5.82 Å². The van der Waals surface area contributed by atoms with Gasteiger partial charge in [0.05, 0.1) is 5.69 Å². The summed E-state index contributed by atoms with van der Waals surface area (Å²) in [6.45, 7) is 2.29. The van der Waals surface area contributed by atoms with Crippen molar-refractivity contribution < 1.29 is 8.81 Å². The van der Waals surface area contributed by atoms with Crippen molar-refractivity contribution in [3.05, 3.63) is 72.1 Å². The van der Waals surface area contributed by atoms with Gasteiger partial charge in [-0.1, -0.05) is 17.2 Å². The van der Waals surface area contributed by atoms with Gasteiger partial charge < -0.3 is 9.73 Å². The Morgan fingerprint density at radius 1 is 1.12 bits per heavy atom. The molecule has 0 amide bonds. The molecule has 7 nitrogen and oxygen atoms in total. The topological polar surface area (TPSA) is 81.7 Å². The maximum absolute atomic E-state index is 13.9. The van der Waals surface area contributed by atoms with Gasteiger partial charge in [0.15, 0.2) is 0 Å². The van der Waals surface area contributed by atoms with Gasteiger partial charge in [-0.2, -0.15) is 5.10 Å². The van der Waals surface area contributed by atoms with Crippen LogP contribution in [-0.2, 0) is 6.54 Å². The lowest BCUT2D eigenvalue weighted by molar-refractivity contribution is 0.580.